The molecule has 16 heavy (non-hydrogen) atoms. The van der Waals surface area contributed by atoms with Crippen LogP contribution in [0.3, 0.4) is 0 Å². The summed E-state index contributed by atoms with van der Waals surface area (Å²) < 4.78 is 0. The van der Waals surface area contributed by atoms with E-state index in [1.54, 1.807) is 11.8 Å². The number of carbonyl (C=O) groups is 1. The summed E-state index contributed by atoms with van der Waals surface area (Å²) in [5.74, 6) is 0.176. The van der Waals surface area contributed by atoms with E-state index in [2.05, 4.69) is 6.07 Å². The van der Waals surface area contributed by atoms with Crippen LogP contribution in [0.5, 0.6) is 0 Å². The Bertz CT molecular complexity index is 311. The van der Waals surface area contributed by atoms with Crippen LogP contribution in [0.25, 0.3) is 0 Å². The summed E-state index contributed by atoms with van der Waals surface area (Å²) in [4.78, 5) is 13.9. The third kappa shape index (κ3) is 2.05. The van der Waals surface area contributed by atoms with Gasteiger partial charge in [-0.2, -0.15) is 5.26 Å². The van der Waals surface area contributed by atoms with Crippen LogP contribution in [0.2, 0.25) is 0 Å². The molecule has 0 bridgehead atoms. The first-order chi connectivity index (χ1) is 7.50. The molecule has 1 heterocycles. The van der Waals surface area contributed by atoms with Crippen molar-refractivity contribution < 1.29 is 9.90 Å². The Labute approximate surface area is 96.9 Å². The standard InChI is InChI=1S/C12H20N2O2/c1-4-12(3,8-13)11(16)14-6-5-9(2)10(14)7-15/h9-10,15H,4-7H2,1-3H3. The van der Waals surface area contributed by atoms with Gasteiger partial charge >= 0.3 is 0 Å². The zero-order valence-electron chi connectivity index (χ0n) is 10.2. The van der Waals surface area contributed by atoms with E-state index in [9.17, 15) is 9.90 Å². The van der Waals surface area contributed by atoms with Gasteiger partial charge in [-0.1, -0.05) is 13.8 Å². The van der Waals surface area contributed by atoms with Gasteiger partial charge in [-0.3, -0.25) is 4.79 Å². The molecule has 1 amide bonds. The zero-order chi connectivity index (χ0) is 12.3. The van der Waals surface area contributed by atoms with E-state index in [1.165, 1.54) is 0 Å². The van der Waals surface area contributed by atoms with Gasteiger partial charge in [0.15, 0.2) is 0 Å². The molecule has 0 aromatic carbocycles. The molecular weight excluding hydrogens is 204 g/mol. The maximum atomic E-state index is 12.2. The number of nitrogens with zero attached hydrogens (tertiary/aromatic N) is 2. The number of hydrogen-bond donors (Lipinski definition) is 1. The quantitative estimate of drug-likeness (QED) is 0.782. The molecule has 4 heteroatoms. The van der Waals surface area contributed by atoms with Gasteiger partial charge in [0.2, 0.25) is 5.91 Å². The Morgan fingerprint density at radius 2 is 2.31 bits per heavy atom. The monoisotopic (exact) mass is 224 g/mol. The minimum Gasteiger partial charge on any atom is -0.394 e. The van der Waals surface area contributed by atoms with Crippen LogP contribution in [-0.4, -0.2) is 35.1 Å². The molecular formula is C12H20N2O2. The summed E-state index contributed by atoms with van der Waals surface area (Å²) >= 11 is 0. The Hall–Kier alpha value is -1.08. The molecule has 3 atom stereocenters. The van der Waals surface area contributed by atoms with Crippen LogP contribution in [0.4, 0.5) is 0 Å². The van der Waals surface area contributed by atoms with Gasteiger partial charge in [0.05, 0.1) is 18.7 Å². The SMILES string of the molecule is CCC(C)(C#N)C(=O)N1CCC(C)C1CO. The van der Waals surface area contributed by atoms with E-state index in [1.807, 2.05) is 13.8 Å². The van der Waals surface area contributed by atoms with E-state index in [-0.39, 0.29) is 18.6 Å². The van der Waals surface area contributed by atoms with Crippen molar-refractivity contribution in [3.05, 3.63) is 0 Å². The fourth-order valence-electron chi connectivity index (χ4n) is 2.13. The molecule has 1 fully saturated rings. The van der Waals surface area contributed by atoms with Crippen molar-refractivity contribution >= 4 is 5.91 Å². The Kier molecular flexibility index (Phi) is 3.93. The van der Waals surface area contributed by atoms with Crippen LogP contribution in [0.15, 0.2) is 0 Å². The maximum absolute atomic E-state index is 12.2. The molecule has 1 saturated heterocycles. The minimum atomic E-state index is -0.947. The normalized spacial score (nSPS) is 28.6. The summed E-state index contributed by atoms with van der Waals surface area (Å²) in [6, 6.07) is 1.97. The van der Waals surface area contributed by atoms with Crippen LogP contribution in [-0.2, 0) is 4.79 Å². The van der Waals surface area contributed by atoms with E-state index in [4.69, 9.17) is 5.26 Å². The van der Waals surface area contributed by atoms with Crippen molar-refractivity contribution in [2.75, 3.05) is 13.2 Å². The summed E-state index contributed by atoms with van der Waals surface area (Å²) in [7, 11) is 0. The fraction of sp³-hybridized carbons (Fsp3) is 0.833. The second-order valence-electron chi connectivity index (χ2n) is 4.81. The maximum Gasteiger partial charge on any atom is 0.243 e. The van der Waals surface area contributed by atoms with E-state index < -0.39 is 5.41 Å². The number of hydrogen-bond acceptors (Lipinski definition) is 3. The second-order valence-corrected chi connectivity index (χ2v) is 4.81. The first-order valence-corrected chi connectivity index (χ1v) is 5.83. The molecule has 0 aromatic rings. The van der Waals surface area contributed by atoms with Crippen molar-refractivity contribution in [3.8, 4) is 6.07 Å². The second kappa shape index (κ2) is 4.84. The number of aliphatic hydroxyl groups excluding tert-OH is 1. The van der Waals surface area contributed by atoms with Gasteiger partial charge in [-0.05, 0) is 25.7 Å². The Morgan fingerprint density at radius 1 is 1.69 bits per heavy atom. The number of rotatable bonds is 3. The van der Waals surface area contributed by atoms with Crippen molar-refractivity contribution in [2.45, 2.75) is 39.7 Å². The predicted octanol–water partition coefficient (Wildman–Crippen LogP) is 1.16. The lowest BCUT2D eigenvalue weighted by Gasteiger charge is -2.31. The van der Waals surface area contributed by atoms with Gasteiger partial charge in [0, 0.05) is 6.54 Å². The van der Waals surface area contributed by atoms with Crippen LogP contribution < -0.4 is 0 Å². The first kappa shape index (κ1) is 13.0. The van der Waals surface area contributed by atoms with E-state index in [0.29, 0.717) is 18.9 Å². The smallest absolute Gasteiger partial charge is 0.243 e. The van der Waals surface area contributed by atoms with Crippen molar-refractivity contribution in [1.82, 2.24) is 4.90 Å². The van der Waals surface area contributed by atoms with E-state index in [0.717, 1.165) is 6.42 Å². The van der Waals surface area contributed by atoms with E-state index >= 15 is 0 Å². The highest BCUT2D eigenvalue weighted by Crippen LogP contribution is 2.30. The average Bonchev–Trinajstić information content (AvgIpc) is 2.68. The highest BCUT2D eigenvalue weighted by Gasteiger charge is 2.42. The highest BCUT2D eigenvalue weighted by atomic mass is 16.3. The van der Waals surface area contributed by atoms with Crippen molar-refractivity contribution in [1.29, 1.82) is 5.26 Å². The molecule has 0 spiro atoms. The van der Waals surface area contributed by atoms with Gasteiger partial charge in [0.1, 0.15) is 5.41 Å². The molecule has 1 N–H and O–H groups in total. The zero-order valence-corrected chi connectivity index (χ0v) is 10.2. The Balaban J connectivity index is 2.86. The summed E-state index contributed by atoms with van der Waals surface area (Å²) in [6.07, 6.45) is 1.41. The summed E-state index contributed by atoms with van der Waals surface area (Å²) in [5.41, 5.74) is -0.947. The Morgan fingerprint density at radius 3 is 2.75 bits per heavy atom. The molecule has 4 nitrogen and oxygen atoms in total. The van der Waals surface area contributed by atoms with Crippen molar-refractivity contribution in [2.24, 2.45) is 11.3 Å². The third-order valence-corrected chi connectivity index (χ3v) is 3.76. The number of aliphatic hydroxyl groups is 1. The molecule has 0 aromatic heterocycles. The lowest BCUT2D eigenvalue weighted by molar-refractivity contribution is -0.140. The number of nitriles is 1. The van der Waals surface area contributed by atoms with Gasteiger partial charge < -0.3 is 10.0 Å². The number of likely N-dealkylation sites (tertiary alicyclic amines) is 1. The van der Waals surface area contributed by atoms with Crippen LogP contribution in [0, 0.1) is 22.7 Å². The van der Waals surface area contributed by atoms with Gasteiger partial charge in [-0.25, -0.2) is 0 Å². The molecule has 1 aliphatic heterocycles. The summed E-state index contributed by atoms with van der Waals surface area (Å²) in [6.45, 7) is 6.19. The number of carbonyl (C=O) groups excluding carboxylic acids is 1. The number of amides is 1. The van der Waals surface area contributed by atoms with Gasteiger partial charge in [-0.15, -0.1) is 0 Å². The molecule has 0 radical (unpaired) electrons. The average molecular weight is 224 g/mol. The van der Waals surface area contributed by atoms with Crippen molar-refractivity contribution in [3.63, 3.8) is 0 Å². The highest BCUT2D eigenvalue weighted by molar-refractivity contribution is 5.85. The lowest BCUT2D eigenvalue weighted by Crippen LogP contribution is -2.46. The lowest BCUT2D eigenvalue weighted by atomic mass is 9.87. The largest absolute Gasteiger partial charge is 0.394 e. The molecule has 1 rings (SSSR count). The first-order valence-electron chi connectivity index (χ1n) is 5.83. The topological polar surface area (TPSA) is 64.3 Å². The van der Waals surface area contributed by atoms with Crippen LogP contribution >= 0.6 is 0 Å². The fourth-order valence-corrected chi connectivity index (χ4v) is 2.13. The van der Waals surface area contributed by atoms with Gasteiger partial charge in [0.25, 0.3) is 0 Å². The molecule has 90 valence electrons. The van der Waals surface area contributed by atoms with Crippen LogP contribution in [0.1, 0.15) is 33.6 Å². The molecule has 1 aliphatic rings. The molecule has 0 saturated carbocycles. The third-order valence-electron chi connectivity index (χ3n) is 3.76. The summed E-state index contributed by atoms with van der Waals surface area (Å²) in [5, 5.41) is 18.4. The molecule has 3 unspecified atom stereocenters. The predicted molar refractivity (Wildman–Crippen MR) is 60.4 cm³/mol. The molecule has 0 aliphatic carbocycles. The minimum absolute atomic E-state index is 0.0157.